The first kappa shape index (κ1) is 14.9. The van der Waals surface area contributed by atoms with Gasteiger partial charge >= 0.3 is 0 Å². The Morgan fingerprint density at radius 3 is 1.87 bits per heavy atom. The monoisotopic (exact) mass is 216 g/mol. The van der Waals surface area contributed by atoms with Crippen molar-refractivity contribution in [3.05, 3.63) is 0 Å². The third kappa shape index (κ3) is 8.85. The summed E-state index contributed by atoms with van der Waals surface area (Å²) >= 11 is 0. The summed E-state index contributed by atoms with van der Waals surface area (Å²) in [7, 11) is 0. The highest BCUT2D eigenvalue weighted by Crippen LogP contribution is 2.06. The smallest absolute Gasteiger partial charge is 0.0789 e. The van der Waals surface area contributed by atoms with Gasteiger partial charge in [0.15, 0.2) is 0 Å². The largest absolute Gasteiger partial charge is 0.390 e. The molecule has 0 amide bonds. The highest BCUT2D eigenvalue weighted by molar-refractivity contribution is 4.79. The van der Waals surface area contributed by atoms with E-state index in [1.165, 1.54) is 0 Å². The first-order valence-electron chi connectivity index (χ1n) is 5.84. The number of rotatable bonds is 6. The van der Waals surface area contributed by atoms with Crippen LogP contribution in [0.15, 0.2) is 0 Å². The van der Waals surface area contributed by atoms with Gasteiger partial charge in [0.05, 0.1) is 6.10 Å². The van der Waals surface area contributed by atoms with E-state index in [9.17, 15) is 5.11 Å². The molecule has 0 radical (unpaired) electrons. The Bertz CT molecular complexity index is 173. The number of nitrogens with one attached hydrogen (secondary N) is 2. The van der Waals surface area contributed by atoms with Crippen LogP contribution in [-0.2, 0) is 0 Å². The van der Waals surface area contributed by atoms with E-state index < -0.39 is 0 Å². The third-order valence-electron chi connectivity index (χ3n) is 2.57. The molecular formula is C12H28N2O. The summed E-state index contributed by atoms with van der Waals surface area (Å²) in [5, 5.41) is 16.4. The molecule has 0 aliphatic heterocycles. The van der Waals surface area contributed by atoms with E-state index >= 15 is 0 Å². The van der Waals surface area contributed by atoms with Gasteiger partial charge in [0, 0.05) is 24.2 Å². The van der Waals surface area contributed by atoms with Gasteiger partial charge in [-0.25, -0.2) is 0 Å². The standard InChI is InChI=1S/C12H28N2O/c1-7-12(5,6)14-9-10(15)8-13-11(2,3)4/h10,13-15H,7-9H2,1-6H3. The van der Waals surface area contributed by atoms with E-state index in [1.54, 1.807) is 0 Å². The van der Waals surface area contributed by atoms with E-state index in [4.69, 9.17) is 0 Å². The highest BCUT2D eigenvalue weighted by atomic mass is 16.3. The van der Waals surface area contributed by atoms with Crippen molar-refractivity contribution in [3.8, 4) is 0 Å². The lowest BCUT2D eigenvalue weighted by atomic mass is 10.0. The Kier molecular flexibility index (Phi) is 5.78. The van der Waals surface area contributed by atoms with Crippen LogP contribution in [0.25, 0.3) is 0 Å². The highest BCUT2D eigenvalue weighted by Gasteiger charge is 2.17. The minimum Gasteiger partial charge on any atom is -0.390 e. The van der Waals surface area contributed by atoms with E-state index in [0.29, 0.717) is 13.1 Å². The van der Waals surface area contributed by atoms with Gasteiger partial charge in [-0.05, 0) is 41.0 Å². The molecule has 1 atom stereocenters. The van der Waals surface area contributed by atoms with Crippen LogP contribution in [0, 0.1) is 0 Å². The summed E-state index contributed by atoms with van der Waals surface area (Å²) in [6.07, 6.45) is 0.738. The Morgan fingerprint density at radius 2 is 1.47 bits per heavy atom. The summed E-state index contributed by atoms with van der Waals surface area (Å²) in [5.74, 6) is 0. The third-order valence-corrected chi connectivity index (χ3v) is 2.57. The van der Waals surface area contributed by atoms with Gasteiger partial charge in [-0.15, -0.1) is 0 Å². The predicted octanol–water partition coefficient (Wildman–Crippen LogP) is 1.51. The predicted molar refractivity (Wildman–Crippen MR) is 66.1 cm³/mol. The number of aliphatic hydroxyl groups is 1. The zero-order valence-electron chi connectivity index (χ0n) is 11.1. The topological polar surface area (TPSA) is 44.3 Å². The van der Waals surface area contributed by atoms with Crippen LogP contribution in [0.2, 0.25) is 0 Å². The molecule has 0 aromatic heterocycles. The Morgan fingerprint density at radius 1 is 1.00 bits per heavy atom. The minimum atomic E-state index is -0.324. The molecule has 0 saturated carbocycles. The molecule has 0 aliphatic rings. The van der Waals surface area contributed by atoms with Crippen molar-refractivity contribution in [2.24, 2.45) is 0 Å². The van der Waals surface area contributed by atoms with Crippen molar-refractivity contribution < 1.29 is 5.11 Å². The van der Waals surface area contributed by atoms with Gasteiger partial charge in [0.2, 0.25) is 0 Å². The lowest BCUT2D eigenvalue weighted by Gasteiger charge is -2.28. The molecule has 0 saturated heterocycles. The molecular weight excluding hydrogens is 188 g/mol. The molecule has 0 aromatic carbocycles. The molecule has 1 unspecified atom stereocenters. The number of hydrogen-bond donors (Lipinski definition) is 3. The molecule has 92 valence electrons. The molecule has 0 heterocycles. The fourth-order valence-electron chi connectivity index (χ4n) is 1.02. The molecule has 0 bridgehead atoms. The van der Waals surface area contributed by atoms with Gasteiger partial charge in [-0.3, -0.25) is 0 Å². The fourth-order valence-corrected chi connectivity index (χ4v) is 1.02. The molecule has 3 N–H and O–H groups in total. The van der Waals surface area contributed by atoms with E-state index in [1.807, 2.05) is 0 Å². The van der Waals surface area contributed by atoms with E-state index in [0.717, 1.165) is 6.42 Å². The van der Waals surface area contributed by atoms with Gasteiger partial charge in [0.25, 0.3) is 0 Å². The van der Waals surface area contributed by atoms with Crippen molar-refractivity contribution in [1.82, 2.24) is 10.6 Å². The Labute approximate surface area is 94.6 Å². The maximum absolute atomic E-state index is 9.75. The maximum Gasteiger partial charge on any atom is 0.0789 e. The Hall–Kier alpha value is -0.120. The van der Waals surface area contributed by atoms with Crippen molar-refractivity contribution >= 4 is 0 Å². The molecule has 0 spiro atoms. The van der Waals surface area contributed by atoms with Gasteiger partial charge < -0.3 is 15.7 Å². The second kappa shape index (κ2) is 5.83. The second-order valence-electron chi connectivity index (χ2n) is 5.90. The fraction of sp³-hybridized carbons (Fsp3) is 1.00. The van der Waals surface area contributed by atoms with Crippen molar-refractivity contribution in [3.63, 3.8) is 0 Å². The first-order chi connectivity index (χ1) is 6.66. The zero-order valence-corrected chi connectivity index (χ0v) is 11.1. The van der Waals surface area contributed by atoms with Crippen molar-refractivity contribution in [2.75, 3.05) is 13.1 Å². The maximum atomic E-state index is 9.75. The lowest BCUT2D eigenvalue weighted by Crippen LogP contribution is -2.48. The summed E-state index contributed by atoms with van der Waals surface area (Å²) < 4.78 is 0. The number of hydrogen-bond acceptors (Lipinski definition) is 3. The lowest BCUT2D eigenvalue weighted by molar-refractivity contribution is 0.146. The van der Waals surface area contributed by atoms with Gasteiger partial charge in [0.1, 0.15) is 0 Å². The van der Waals surface area contributed by atoms with Crippen LogP contribution in [0.5, 0.6) is 0 Å². The summed E-state index contributed by atoms with van der Waals surface area (Å²) in [6, 6.07) is 0. The molecule has 3 heteroatoms. The summed E-state index contributed by atoms with van der Waals surface area (Å²) in [6.45, 7) is 14.0. The van der Waals surface area contributed by atoms with Crippen LogP contribution in [-0.4, -0.2) is 35.4 Å². The minimum absolute atomic E-state index is 0.0707. The molecule has 3 nitrogen and oxygen atoms in total. The van der Waals surface area contributed by atoms with Crippen molar-refractivity contribution in [2.45, 2.75) is 65.1 Å². The molecule has 0 rings (SSSR count). The van der Waals surface area contributed by atoms with Crippen LogP contribution in [0.4, 0.5) is 0 Å². The summed E-state index contributed by atoms with van der Waals surface area (Å²) in [5.41, 5.74) is 0.184. The van der Waals surface area contributed by atoms with E-state index in [2.05, 4.69) is 52.2 Å². The van der Waals surface area contributed by atoms with Crippen molar-refractivity contribution in [1.29, 1.82) is 0 Å². The van der Waals surface area contributed by atoms with Gasteiger partial charge in [-0.1, -0.05) is 6.92 Å². The van der Waals surface area contributed by atoms with Crippen LogP contribution in [0.3, 0.4) is 0 Å². The first-order valence-corrected chi connectivity index (χ1v) is 5.84. The average molecular weight is 216 g/mol. The zero-order chi connectivity index (χ0) is 12.1. The normalized spacial score (nSPS) is 15.4. The molecule has 0 fully saturated rings. The van der Waals surface area contributed by atoms with Crippen LogP contribution in [0.1, 0.15) is 48.0 Å². The van der Waals surface area contributed by atoms with Gasteiger partial charge in [-0.2, -0.15) is 0 Å². The average Bonchev–Trinajstić information content (AvgIpc) is 2.10. The van der Waals surface area contributed by atoms with E-state index in [-0.39, 0.29) is 17.2 Å². The Balaban J connectivity index is 3.71. The summed E-state index contributed by atoms with van der Waals surface area (Å²) in [4.78, 5) is 0. The quantitative estimate of drug-likeness (QED) is 0.630. The molecule has 0 aliphatic carbocycles. The second-order valence-corrected chi connectivity index (χ2v) is 5.90. The van der Waals surface area contributed by atoms with Crippen LogP contribution >= 0.6 is 0 Å². The molecule has 0 aromatic rings. The van der Waals surface area contributed by atoms with Crippen LogP contribution < -0.4 is 10.6 Å². The molecule has 15 heavy (non-hydrogen) atoms. The number of aliphatic hydroxyl groups excluding tert-OH is 1. The SMILES string of the molecule is CCC(C)(C)NCC(O)CNC(C)(C)C. The number of β-amino-alcohol motifs (C(OH)–C–C–N with tert-alkyl or cyclic N) is 1.